The maximum absolute atomic E-state index is 9.28. The van der Waals surface area contributed by atoms with E-state index in [2.05, 4.69) is 6.92 Å². The molecule has 17 heavy (non-hydrogen) atoms. The van der Waals surface area contributed by atoms with Crippen LogP contribution in [0.15, 0.2) is 18.2 Å². The van der Waals surface area contributed by atoms with E-state index in [-0.39, 0.29) is 12.7 Å². The summed E-state index contributed by atoms with van der Waals surface area (Å²) < 4.78 is 5.96. The molecule has 0 heterocycles. The van der Waals surface area contributed by atoms with E-state index in [4.69, 9.17) is 16.3 Å². The highest BCUT2D eigenvalue weighted by molar-refractivity contribution is 6.30. The minimum absolute atomic E-state index is 0.0288. The summed E-state index contributed by atoms with van der Waals surface area (Å²) in [7, 11) is 0. The molecule has 1 aromatic rings. The molecule has 94 valence electrons. The van der Waals surface area contributed by atoms with Crippen molar-refractivity contribution in [1.82, 2.24) is 0 Å². The molecule has 0 bridgehead atoms. The summed E-state index contributed by atoms with van der Waals surface area (Å²) in [5.74, 6) is 1.59. The Hall–Kier alpha value is -0.730. The van der Waals surface area contributed by atoms with Crippen LogP contribution < -0.4 is 4.74 Å². The first-order chi connectivity index (χ1) is 8.19. The van der Waals surface area contributed by atoms with Gasteiger partial charge in [0.05, 0.1) is 12.7 Å². The molecule has 0 radical (unpaired) electrons. The van der Waals surface area contributed by atoms with Gasteiger partial charge in [0.15, 0.2) is 0 Å². The first kappa shape index (κ1) is 12.7. The van der Waals surface area contributed by atoms with Gasteiger partial charge in [0.2, 0.25) is 0 Å². The standard InChI is InChI=1S/C14H19ClO2/c1-10-2-5-13(6-3-10)17-14-7-4-12(15)8-11(14)9-16/h4,7-8,10,13,16H,2-3,5-6,9H2,1H3. The summed E-state index contributed by atoms with van der Waals surface area (Å²) in [5, 5.41) is 9.91. The molecule has 0 amide bonds. The Morgan fingerprint density at radius 1 is 1.29 bits per heavy atom. The van der Waals surface area contributed by atoms with Crippen molar-refractivity contribution in [2.45, 2.75) is 45.3 Å². The van der Waals surface area contributed by atoms with Crippen LogP contribution in [0.3, 0.4) is 0 Å². The van der Waals surface area contributed by atoms with Crippen LogP contribution in [0.2, 0.25) is 5.02 Å². The molecule has 1 N–H and O–H groups in total. The zero-order valence-electron chi connectivity index (χ0n) is 10.2. The lowest BCUT2D eigenvalue weighted by Crippen LogP contribution is -2.23. The number of aliphatic hydroxyl groups is 1. The summed E-state index contributed by atoms with van der Waals surface area (Å²) in [6, 6.07) is 5.43. The van der Waals surface area contributed by atoms with Crippen molar-refractivity contribution < 1.29 is 9.84 Å². The van der Waals surface area contributed by atoms with Gasteiger partial charge in [0, 0.05) is 10.6 Å². The zero-order chi connectivity index (χ0) is 12.3. The number of hydrogen-bond donors (Lipinski definition) is 1. The third kappa shape index (κ3) is 3.36. The van der Waals surface area contributed by atoms with Crippen molar-refractivity contribution in [2.75, 3.05) is 0 Å². The average Bonchev–Trinajstić information content (AvgIpc) is 2.34. The summed E-state index contributed by atoms with van der Waals surface area (Å²) >= 11 is 5.89. The lowest BCUT2D eigenvalue weighted by atomic mass is 9.89. The fourth-order valence-electron chi connectivity index (χ4n) is 2.31. The van der Waals surface area contributed by atoms with E-state index in [1.807, 2.05) is 12.1 Å². The number of hydrogen-bond acceptors (Lipinski definition) is 2. The molecule has 1 aromatic carbocycles. The summed E-state index contributed by atoms with van der Waals surface area (Å²) in [6.45, 7) is 2.26. The van der Waals surface area contributed by atoms with Crippen LogP contribution in [0.5, 0.6) is 5.75 Å². The molecule has 3 heteroatoms. The van der Waals surface area contributed by atoms with Gasteiger partial charge in [0.25, 0.3) is 0 Å². The fraction of sp³-hybridized carbons (Fsp3) is 0.571. The first-order valence-corrected chi connectivity index (χ1v) is 6.62. The summed E-state index contributed by atoms with van der Waals surface area (Å²) in [4.78, 5) is 0. The van der Waals surface area contributed by atoms with E-state index in [1.54, 1.807) is 6.07 Å². The van der Waals surface area contributed by atoms with Gasteiger partial charge in [-0.25, -0.2) is 0 Å². The van der Waals surface area contributed by atoms with Crippen LogP contribution in [0.25, 0.3) is 0 Å². The van der Waals surface area contributed by atoms with Crippen LogP contribution in [0.4, 0.5) is 0 Å². The molecule has 2 rings (SSSR count). The Morgan fingerprint density at radius 3 is 2.65 bits per heavy atom. The topological polar surface area (TPSA) is 29.5 Å². The van der Waals surface area contributed by atoms with Gasteiger partial charge >= 0.3 is 0 Å². The lowest BCUT2D eigenvalue weighted by Gasteiger charge is -2.27. The molecule has 1 fully saturated rings. The number of halogens is 1. The highest BCUT2D eigenvalue weighted by atomic mass is 35.5. The predicted octanol–water partition coefficient (Wildman–Crippen LogP) is 3.79. The quantitative estimate of drug-likeness (QED) is 0.889. The fourth-order valence-corrected chi connectivity index (χ4v) is 2.51. The van der Waals surface area contributed by atoms with Crippen LogP contribution in [0, 0.1) is 5.92 Å². The summed E-state index contributed by atoms with van der Waals surface area (Å²) in [6.07, 6.45) is 4.96. The van der Waals surface area contributed by atoms with Crippen LogP contribution in [-0.2, 0) is 6.61 Å². The average molecular weight is 255 g/mol. The molecule has 1 aliphatic rings. The van der Waals surface area contributed by atoms with Crippen molar-refractivity contribution in [3.8, 4) is 5.75 Å². The monoisotopic (exact) mass is 254 g/mol. The van der Waals surface area contributed by atoms with E-state index in [1.165, 1.54) is 12.8 Å². The Morgan fingerprint density at radius 2 is 2.00 bits per heavy atom. The normalized spacial score (nSPS) is 24.6. The second-order valence-corrected chi connectivity index (χ2v) is 5.35. The van der Waals surface area contributed by atoms with Crippen molar-refractivity contribution in [3.63, 3.8) is 0 Å². The molecular formula is C14H19ClO2. The molecule has 0 atom stereocenters. The second kappa shape index (κ2) is 5.74. The second-order valence-electron chi connectivity index (χ2n) is 4.91. The number of rotatable bonds is 3. The maximum atomic E-state index is 9.28. The SMILES string of the molecule is CC1CCC(Oc2ccc(Cl)cc2CO)CC1. The van der Waals surface area contributed by atoms with Crippen LogP contribution in [0.1, 0.15) is 38.2 Å². The smallest absolute Gasteiger partial charge is 0.125 e. The van der Waals surface area contributed by atoms with E-state index >= 15 is 0 Å². The van der Waals surface area contributed by atoms with Gasteiger partial charge in [-0.3, -0.25) is 0 Å². The minimum Gasteiger partial charge on any atom is -0.490 e. The Balaban J connectivity index is 2.03. The van der Waals surface area contributed by atoms with Crippen molar-refractivity contribution >= 4 is 11.6 Å². The van der Waals surface area contributed by atoms with Crippen molar-refractivity contribution in [2.24, 2.45) is 5.92 Å². The Kier molecular flexibility index (Phi) is 4.30. The number of ether oxygens (including phenoxy) is 1. The van der Waals surface area contributed by atoms with Gasteiger partial charge in [-0.2, -0.15) is 0 Å². The molecular weight excluding hydrogens is 236 g/mol. The highest BCUT2D eigenvalue weighted by Crippen LogP contribution is 2.30. The molecule has 0 unspecified atom stereocenters. The van der Waals surface area contributed by atoms with Gasteiger partial charge < -0.3 is 9.84 Å². The number of benzene rings is 1. The van der Waals surface area contributed by atoms with Gasteiger partial charge in [0.1, 0.15) is 5.75 Å². The molecule has 1 saturated carbocycles. The molecule has 0 aliphatic heterocycles. The maximum Gasteiger partial charge on any atom is 0.125 e. The Labute approximate surface area is 108 Å². The van der Waals surface area contributed by atoms with E-state index in [9.17, 15) is 5.11 Å². The van der Waals surface area contributed by atoms with Crippen molar-refractivity contribution in [1.29, 1.82) is 0 Å². The van der Waals surface area contributed by atoms with Gasteiger partial charge in [-0.05, 0) is 49.8 Å². The largest absolute Gasteiger partial charge is 0.490 e. The highest BCUT2D eigenvalue weighted by Gasteiger charge is 2.20. The Bertz CT molecular complexity index is 370. The molecule has 1 aliphatic carbocycles. The molecule has 0 spiro atoms. The van der Waals surface area contributed by atoms with E-state index in [0.29, 0.717) is 5.02 Å². The third-order valence-corrected chi connectivity index (χ3v) is 3.68. The predicted molar refractivity (Wildman–Crippen MR) is 69.4 cm³/mol. The molecule has 2 nitrogen and oxygen atoms in total. The minimum atomic E-state index is -0.0288. The summed E-state index contributed by atoms with van der Waals surface area (Å²) in [5.41, 5.74) is 0.774. The van der Waals surface area contributed by atoms with E-state index in [0.717, 1.165) is 30.1 Å². The van der Waals surface area contributed by atoms with Crippen molar-refractivity contribution in [3.05, 3.63) is 28.8 Å². The van der Waals surface area contributed by atoms with Gasteiger partial charge in [-0.15, -0.1) is 0 Å². The zero-order valence-corrected chi connectivity index (χ0v) is 10.9. The molecule has 0 aromatic heterocycles. The third-order valence-electron chi connectivity index (χ3n) is 3.45. The molecule has 0 saturated heterocycles. The van der Waals surface area contributed by atoms with Crippen LogP contribution >= 0.6 is 11.6 Å². The van der Waals surface area contributed by atoms with Gasteiger partial charge in [-0.1, -0.05) is 18.5 Å². The number of aliphatic hydroxyl groups excluding tert-OH is 1. The van der Waals surface area contributed by atoms with E-state index < -0.39 is 0 Å². The van der Waals surface area contributed by atoms with Crippen LogP contribution in [-0.4, -0.2) is 11.2 Å². The first-order valence-electron chi connectivity index (χ1n) is 6.25. The lowest BCUT2D eigenvalue weighted by molar-refractivity contribution is 0.131.